The number of imidazole rings is 1. The van der Waals surface area contributed by atoms with Crippen LogP contribution in [0.1, 0.15) is 24.7 Å². The van der Waals surface area contributed by atoms with Gasteiger partial charge < -0.3 is 15.0 Å². The maximum atomic E-state index is 5.52. The van der Waals surface area contributed by atoms with Crippen molar-refractivity contribution in [2.45, 2.75) is 26.7 Å². The lowest BCUT2D eigenvalue weighted by molar-refractivity contribution is 0.305. The molecule has 2 aromatic rings. The number of hydrogen-bond acceptors (Lipinski definition) is 5. The van der Waals surface area contributed by atoms with E-state index in [2.05, 4.69) is 32.2 Å². The average molecular weight is 261 g/mol. The molecule has 0 aliphatic carbocycles. The van der Waals surface area contributed by atoms with Gasteiger partial charge in [0.2, 0.25) is 11.8 Å². The van der Waals surface area contributed by atoms with Crippen molar-refractivity contribution in [3.8, 4) is 5.88 Å². The monoisotopic (exact) mass is 261 g/mol. The highest BCUT2D eigenvalue weighted by molar-refractivity contribution is 5.30. The van der Waals surface area contributed by atoms with Crippen LogP contribution in [0, 0.1) is 6.92 Å². The first kappa shape index (κ1) is 13.3. The zero-order valence-electron chi connectivity index (χ0n) is 11.3. The first-order valence-corrected chi connectivity index (χ1v) is 6.47. The molecule has 0 amide bonds. The Kier molecular flexibility index (Phi) is 4.72. The van der Waals surface area contributed by atoms with Crippen LogP contribution >= 0.6 is 0 Å². The van der Waals surface area contributed by atoms with Crippen molar-refractivity contribution < 1.29 is 4.74 Å². The van der Waals surface area contributed by atoms with Crippen molar-refractivity contribution in [3.63, 3.8) is 0 Å². The third-order valence-electron chi connectivity index (χ3n) is 2.52. The highest BCUT2D eigenvalue weighted by atomic mass is 16.5. The van der Waals surface area contributed by atoms with E-state index in [1.807, 2.05) is 19.2 Å². The summed E-state index contributed by atoms with van der Waals surface area (Å²) in [7, 11) is 0. The van der Waals surface area contributed by atoms with Crippen LogP contribution in [0.15, 0.2) is 18.6 Å². The van der Waals surface area contributed by atoms with Gasteiger partial charge in [0, 0.05) is 36.6 Å². The van der Waals surface area contributed by atoms with E-state index < -0.39 is 0 Å². The topological polar surface area (TPSA) is 75.7 Å². The van der Waals surface area contributed by atoms with Gasteiger partial charge >= 0.3 is 0 Å². The minimum Gasteiger partial charge on any atom is -0.478 e. The molecule has 2 heterocycles. The summed E-state index contributed by atoms with van der Waals surface area (Å²) < 4.78 is 5.52. The Morgan fingerprint density at radius 2 is 2.26 bits per heavy atom. The van der Waals surface area contributed by atoms with Gasteiger partial charge in [0.1, 0.15) is 0 Å². The zero-order valence-corrected chi connectivity index (χ0v) is 11.3. The van der Waals surface area contributed by atoms with Crippen LogP contribution < -0.4 is 10.1 Å². The fourth-order valence-corrected chi connectivity index (χ4v) is 1.63. The summed E-state index contributed by atoms with van der Waals surface area (Å²) in [6.45, 7) is 5.42. The first-order chi connectivity index (χ1) is 9.28. The standard InChI is InChI=1S/C13H19N5O/c1-3-6-19-12-7-10(2)17-13(18-12)15-5-4-11-8-14-9-16-11/h7-9H,3-6H2,1-2H3,(H,14,16)(H,15,17,18). The first-order valence-electron chi connectivity index (χ1n) is 6.47. The predicted octanol–water partition coefficient (Wildman–Crippen LogP) is 1.95. The highest BCUT2D eigenvalue weighted by Gasteiger charge is 2.03. The van der Waals surface area contributed by atoms with E-state index in [1.54, 1.807) is 6.33 Å². The summed E-state index contributed by atoms with van der Waals surface area (Å²) in [4.78, 5) is 15.7. The van der Waals surface area contributed by atoms with Crippen LogP contribution in [0.5, 0.6) is 5.88 Å². The number of nitrogens with one attached hydrogen (secondary N) is 2. The molecule has 0 saturated heterocycles. The number of nitrogens with zero attached hydrogens (tertiary/aromatic N) is 3. The second-order valence-corrected chi connectivity index (χ2v) is 4.27. The second kappa shape index (κ2) is 6.72. The Balaban J connectivity index is 1.90. The average Bonchev–Trinajstić information content (AvgIpc) is 2.89. The Morgan fingerprint density at radius 3 is 3.00 bits per heavy atom. The molecule has 2 rings (SSSR count). The number of aromatic nitrogens is 4. The normalized spacial score (nSPS) is 10.4. The number of hydrogen-bond donors (Lipinski definition) is 2. The number of rotatable bonds is 7. The van der Waals surface area contributed by atoms with E-state index in [-0.39, 0.29) is 0 Å². The quantitative estimate of drug-likeness (QED) is 0.796. The van der Waals surface area contributed by atoms with Gasteiger partial charge in [0.05, 0.1) is 12.9 Å². The van der Waals surface area contributed by atoms with E-state index in [0.29, 0.717) is 18.4 Å². The number of aryl methyl sites for hydroxylation is 1. The molecular weight excluding hydrogens is 242 g/mol. The number of H-pyrrole nitrogens is 1. The maximum Gasteiger partial charge on any atom is 0.226 e. The van der Waals surface area contributed by atoms with Crippen LogP contribution in [0.3, 0.4) is 0 Å². The van der Waals surface area contributed by atoms with Gasteiger partial charge in [-0.05, 0) is 13.3 Å². The highest BCUT2D eigenvalue weighted by Crippen LogP contribution is 2.12. The second-order valence-electron chi connectivity index (χ2n) is 4.27. The lowest BCUT2D eigenvalue weighted by Crippen LogP contribution is -2.10. The van der Waals surface area contributed by atoms with Crippen LogP contribution in [0.4, 0.5) is 5.95 Å². The molecule has 0 aliphatic heterocycles. The minimum atomic E-state index is 0.602. The van der Waals surface area contributed by atoms with Gasteiger partial charge in [-0.15, -0.1) is 0 Å². The van der Waals surface area contributed by atoms with Crippen molar-refractivity contribution in [1.29, 1.82) is 0 Å². The molecule has 0 radical (unpaired) electrons. The third kappa shape index (κ3) is 4.24. The van der Waals surface area contributed by atoms with Crippen molar-refractivity contribution in [2.24, 2.45) is 0 Å². The summed E-state index contributed by atoms with van der Waals surface area (Å²) in [5.74, 6) is 1.23. The molecule has 0 saturated carbocycles. The molecule has 6 heteroatoms. The van der Waals surface area contributed by atoms with Gasteiger partial charge in [-0.2, -0.15) is 4.98 Å². The summed E-state index contributed by atoms with van der Waals surface area (Å²) in [6, 6.07) is 1.84. The van der Waals surface area contributed by atoms with Gasteiger partial charge in [0.25, 0.3) is 0 Å². The third-order valence-corrected chi connectivity index (χ3v) is 2.52. The van der Waals surface area contributed by atoms with E-state index in [0.717, 1.165) is 30.8 Å². The van der Waals surface area contributed by atoms with Gasteiger partial charge in [-0.25, -0.2) is 9.97 Å². The maximum absolute atomic E-state index is 5.52. The molecule has 0 atom stereocenters. The Labute approximate surface area is 112 Å². The molecule has 2 aromatic heterocycles. The Hall–Kier alpha value is -2.11. The van der Waals surface area contributed by atoms with Crippen molar-refractivity contribution in [2.75, 3.05) is 18.5 Å². The summed E-state index contributed by atoms with van der Waals surface area (Å²) in [5, 5.41) is 3.19. The molecule has 0 aliphatic rings. The number of ether oxygens (including phenoxy) is 1. The fraction of sp³-hybridized carbons (Fsp3) is 0.462. The number of aromatic amines is 1. The molecule has 19 heavy (non-hydrogen) atoms. The van der Waals surface area contributed by atoms with E-state index >= 15 is 0 Å². The SMILES string of the molecule is CCCOc1cc(C)nc(NCCc2cnc[nH]2)n1. The van der Waals surface area contributed by atoms with Crippen LogP contribution in [0.25, 0.3) is 0 Å². The number of anilines is 1. The van der Waals surface area contributed by atoms with Crippen LogP contribution in [0.2, 0.25) is 0 Å². The zero-order chi connectivity index (χ0) is 13.5. The molecular formula is C13H19N5O. The van der Waals surface area contributed by atoms with Crippen molar-refractivity contribution in [3.05, 3.63) is 30.0 Å². The van der Waals surface area contributed by atoms with E-state index in [9.17, 15) is 0 Å². The lowest BCUT2D eigenvalue weighted by Gasteiger charge is -2.08. The molecule has 0 bridgehead atoms. The lowest BCUT2D eigenvalue weighted by atomic mass is 10.3. The van der Waals surface area contributed by atoms with Crippen LogP contribution in [-0.4, -0.2) is 33.1 Å². The molecule has 0 spiro atoms. The molecule has 102 valence electrons. The largest absolute Gasteiger partial charge is 0.478 e. The summed E-state index contributed by atoms with van der Waals surface area (Å²) in [5.41, 5.74) is 1.98. The van der Waals surface area contributed by atoms with Crippen molar-refractivity contribution in [1.82, 2.24) is 19.9 Å². The van der Waals surface area contributed by atoms with E-state index in [1.165, 1.54) is 0 Å². The van der Waals surface area contributed by atoms with E-state index in [4.69, 9.17) is 4.74 Å². The Morgan fingerprint density at radius 1 is 1.37 bits per heavy atom. The summed E-state index contributed by atoms with van der Waals surface area (Å²) in [6.07, 6.45) is 5.30. The molecule has 2 N–H and O–H groups in total. The molecule has 0 unspecified atom stereocenters. The predicted molar refractivity (Wildman–Crippen MR) is 73.3 cm³/mol. The molecule has 0 fully saturated rings. The van der Waals surface area contributed by atoms with Gasteiger partial charge in [0.15, 0.2) is 0 Å². The fourth-order valence-electron chi connectivity index (χ4n) is 1.63. The molecule has 6 nitrogen and oxygen atoms in total. The van der Waals surface area contributed by atoms with Crippen molar-refractivity contribution >= 4 is 5.95 Å². The Bertz CT molecular complexity index is 498. The van der Waals surface area contributed by atoms with Gasteiger partial charge in [-0.1, -0.05) is 6.92 Å². The van der Waals surface area contributed by atoms with Gasteiger partial charge in [-0.3, -0.25) is 0 Å². The smallest absolute Gasteiger partial charge is 0.226 e. The van der Waals surface area contributed by atoms with Crippen LogP contribution in [-0.2, 0) is 6.42 Å². The molecule has 0 aromatic carbocycles. The minimum absolute atomic E-state index is 0.602. The summed E-state index contributed by atoms with van der Waals surface area (Å²) >= 11 is 0.